The average Bonchev–Trinajstić information content (AvgIpc) is 3.36. The van der Waals surface area contributed by atoms with Crippen LogP contribution >= 0.6 is 0 Å². The molecule has 1 N–H and O–H groups in total. The third-order valence-electron chi connectivity index (χ3n) is 5.08. The molecule has 1 aromatic rings. The van der Waals surface area contributed by atoms with E-state index in [4.69, 9.17) is 14.2 Å². The van der Waals surface area contributed by atoms with Gasteiger partial charge >= 0.3 is 6.03 Å². The smallest absolute Gasteiger partial charge is 0.317 e. The first-order chi connectivity index (χ1) is 12.8. The van der Waals surface area contributed by atoms with Crippen LogP contribution in [0.2, 0.25) is 0 Å². The van der Waals surface area contributed by atoms with Gasteiger partial charge in [-0.25, -0.2) is 4.79 Å². The molecule has 0 saturated carbocycles. The molecule has 144 valence electrons. The fourth-order valence-corrected chi connectivity index (χ4v) is 3.64. The quantitative estimate of drug-likeness (QED) is 0.722. The van der Waals surface area contributed by atoms with Gasteiger partial charge in [-0.2, -0.15) is 0 Å². The monoisotopic (exact) mass is 362 g/mol. The van der Waals surface area contributed by atoms with Crippen LogP contribution in [0.5, 0.6) is 5.75 Å². The van der Waals surface area contributed by atoms with Crippen LogP contribution in [-0.4, -0.2) is 57.1 Å². The number of carbonyl (C=O) groups is 1. The van der Waals surface area contributed by atoms with Gasteiger partial charge in [-0.1, -0.05) is 12.1 Å². The van der Waals surface area contributed by atoms with E-state index in [1.807, 2.05) is 29.2 Å². The Morgan fingerprint density at radius 2 is 2.12 bits per heavy atom. The molecule has 0 aromatic heterocycles. The van der Waals surface area contributed by atoms with Crippen molar-refractivity contribution < 1.29 is 19.0 Å². The first-order valence-corrected chi connectivity index (χ1v) is 9.65. The van der Waals surface area contributed by atoms with Crippen molar-refractivity contribution in [2.45, 2.75) is 44.2 Å². The fraction of sp³-hybridized carbons (Fsp3) is 0.650. The zero-order valence-corrected chi connectivity index (χ0v) is 15.6. The molecule has 6 nitrogen and oxygen atoms in total. The summed E-state index contributed by atoms with van der Waals surface area (Å²) in [7, 11) is 1.66. The molecule has 2 unspecified atom stereocenters. The molecule has 2 fully saturated rings. The number of urea groups is 1. The average molecular weight is 362 g/mol. The second-order valence-corrected chi connectivity index (χ2v) is 6.92. The molecule has 2 amide bonds. The summed E-state index contributed by atoms with van der Waals surface area (Å²) in [6, 6.07) is 8.17. The van der Waals surface area contributed by atoms with Gasteiger partial charge in [-0.05, 0) is 49.8 Å². The van der Waals surface area contributed by atoms with Crippen LogP contribution in [0.1, 0.15) is 43.7 Å². The minimum Gasteiger partial charge on any atom is -0.497 e. The molecule has 26 heavy (non-hydrogen) atoms. The summed E-state index contributed by atoms with van der Waals surface area (Å²) in [5.41, 5.74) is 1.17. The maximum Gasteiger partial charge on any atom is 0.317 e. The van der Waals surface area contributed by atoms with Crippen LogP contribution in [0.3, 0.4) is 0 Å². The van der Waals surface area contributed by atoms with Crippen LogP contribution < -0.4 is 10.1 Å². The summed E-state index contributed by atoms with van der Waals surface area (Å²) in [6.07, 6.45) is 5.35. The van der Waals surface area contributed by atoms with Gasteiger partial charge in [-0.3, -0.25) is 0 Å². The number of carbonyl (C=O) groups excluding carboxylic acids is 1. The molecule has 1 aromatic carbocycles. The largest absolute Gasteiger partial charge is 0.497 e. The fourth-order valence-electron chi connectivity index (χ4n) is 3.64. The number of methoxy groups -OCH3 is 1. The van der Waals surface area contributed by atoms with Crippen LogP contribution in [0, 0.1) is 0 Å². The topological polar surface area (TPSA) is 60.0 Å². The predicted molar refractivity (Wildman–Crippen MR) is 99.5 cm³/mol. The third-order valence-corrected chi connectivity index (χ3v) is 5.08. The third kappa shape index (κ3) is 5.11. The molecule has 0 spiro atoms. The lowest BCUT2D eigenvalue weighted by Gasteiger charge is -2.25. The number of amides is 2. The molecule has 2 aliphatic rings. The molecule has 2 aliphatic heterocycles. The molecular formula is C20H30N2O4. The van der Waals surface area contributed by atoms with Gasteiger partial charge in [-0.15, -0.1) is 0 Å². The van der Waals surface area contributed by atoms with Gasteiger partial charge < -0.3 is 24.4 Å². The van der Waals surface area contributed by atoms with E-state index in [1.54, 1.807) is 7.11 Å². The Morgan fingerprint density at radius 1 is 1.27 bits per heavy atom. The number of hydrogen-bond donors (Lipinski definition) is 1. The lowest BCUT2D eigenvalue weighted by atomic mass is 10.0. The van der Waals surface area contributed by atoms with Gasteiger partial charge in [0.2, 0.25) is 0 Å². The molecule has 0 bridgehead atoms. The van der Waals surface area contributed by atoms with E-state index in [9.17, 15) is 4.79 Å². The van der Waals surface area contributed by atoms with Crippen LogP contribution in [0.25, 0.3) is 0 Å². The minimum absolute atomic E-state index is 0.0162. The van der Waals surface area contributed by atoms with E-state index in [0.717, 1.165) is 51.0 Å². The lowest BCUT2D eigenvalue weighted by Crippen LogP contribution is -2.40. The normalized spacial score (nSPS) is 22.6. The van der Waals surface area contributed by atoms with E-state index in [1.165, 1.54) is 5.56 Å². The van der Waals surface area contributed by atoms with Gasteiger partial charge in [0.1, 0.15) is 5.75 Å². The van der Waals surface area contributed by atoms with E-state index in [2.05, 4.69) is 5.32 Å². The van der Waals surface area contributed by atoms with Gasteiger partial charge in [0, 0.05) is 26.3 Å². The summed E-state index contributed by atoms with van der Waals surface area (Å²) in [6.45, 7) is 3.62. The molecule has 6 heteroatoms. The molecule has 2 saturated heterocycles. The zero-order chi connectivity index (χ0) is 18.2. The molecular weight excluding hydrogens is 332 g/mol. The number of benzene rings is 1. The highest BCUT2D eigenvalue weighted by Crippen LogP contribution is 2.32. The Balaban J connectivity index is 1.37. The van der Waals surface area contributed by atoms with Crippen molar-refractivity contribution >= 4 is 6.03 Å². The van der Waals surface area contributed by atoms with E-state index >= 15 is 0 Å². The molecule has 2 atom stereocenters. The van der Waals surface area contributed by atoms with E-state index in [0.29, 0.717) is 19.8 Å². The minimum atomic E-state index is 0.0162. The predicted octanol–water partition coefficient (Wildman–Crippen LogP) is 3.13. The highest BCUT2D eigenvalue weighted by molar-refractivity contribution is 5.75. The number of rotatable bonds is 8. The van der Waals surface area contributed by atoms with Crippen LogP contribution in [0.4, 0.5) is 4.79 Å². The number of hydrogen-bond acceptors (Lipinski definition) is 4. The van der Waals surface area contributed by atoms with Crippen molar-refractivity contribution in [3.05, 3.63) is 29.8 Å². The van der Waals surface area contributed by atoms with Crippen molar-refractivity contribution in [1.82, 2.24) is 10.2 Å². The van der Waals surface area contributed by atoms with Crippen LogP contribution in [0.15, 0.2) is 24.3 Å². The molecule has 2 heterocycles. The summed E-state index contributed by atoms with van der Waals surface area (Å²) >= 11 is 0. The second kappa shape index (κ2) is 9.78. The SMILES string of the molecule is COc1ccc(C2CCCN2C(=O)NCCCOCC2CCCO2)cc1. The Morgan fingerprint density at radius 3 is 2.85 bits per heavy atom. The van der Waals surface area contributed by atoms with Gasteiger partial charge in [0.05, 0.1) is 25.9 Å². The molecule has 3 rings (SSSR count). The van der Waals surface area contributed by atoms with Crippen molar-refractivity contribution in [3.8, 4) is 5.75 Å². The second-order valence-electron chi connectivity index (χ2n) is 6.92. The summed E-state index contributed by atoms with van der Waals surface area (Å²) in [5.74, 6) is 0.839. The Hall–Kier alpha value is -1.79. The van der Waals surface area contributed by atoms with Gasteiger partial charge in [0.15, 0.2) is 0 Å². The number of nitrogens with zero attached hydrogens (tertiary/aromatic N) is 1. The first-order valence-electron chi connectivity index (χ1n) is 9.65. The Bertz CT molecular complexity index is 557. The highest BCUT2D eigenvalue weighted by Gasteiger charge is 2.29. The van der Waals surface area contributed by atoms with Crippen molar-refractivity contribution in [2.24, 2.45) is 0 Å². The van der Waals surface area contributed by atoms with Crippen molar-refractivity contribution in [2.75, 3.05) is 40.0 Å². The summed E-state index contributed by atoms with van der Waals surface area (Å²) < 4.78 is 16.4. The number of ether oxygens (including phenoxy) is 3. The number of likely N-dealkylation sites (tertiary alicyclic amines) is 1. The Labute approximate surface area is 155 Å². The highest BCUT2D eigenvalue weighted by atomic mass is 16.5. The molecule has 0 radical (unpaired) electrons. The maximum absolute atomic E-state index is 12.5. The standard InChI is InChI=1S/C20H30N2O4/c1-24-17-9-7-16(8-10-17)19-6-2-12-22(19)20(23)21-11-4-13-25-15-18-5-3-14-26-18/h7-10,18-19H,2-6,11-15H2,1H3,(H,21,23). The Kier molecular flexibility index (Phi) is 7.14. The summed E-state index contributed by atoms with van der Waals surface area (Å²) in [4.78, 5) is 14.5. The van der Waals surface area contributed by atoms with Crippen molar-refractivity contribution in [1.29, 1.82) is 0 Å². The maximum atomic E-state index is 12.5. The van der Waals surface area contributed by atoms with E-state index < -0.39 is 0 Å². The number of nitrogens with one attached hydrogen (secondary N) is 1. The van der Waals surface area contributed by atoms with Crippen molar-refractivity contribution in [3.63, 3.8) is 0 Å². The van der Waals surface area contributed by atoms with Gasteiger partial charge in [0.25, 0.3) is 0 Å². The first kappa shape index (κ1) is 19.0. The van der Waals surface area contributed by atoms with Crippen LogP contribution in [-0.2, 0) is 9.47 Å². The summed E-state index contributed by atoms with van der Waals surface area (Å²) in [5, 5.41) is 3.03. The lowest BCUT2D eigenvalue weighted by molar-refractivity contribution is 0.0167. The zero-order valence-electron chi connectivity index (χ0n) is 15.6. The van der Waals surface area contributed by atoms with E-state index in [-0.39, 0.29) is 18.2 Å². The molecule has 0 aliphatic carbocycles.